The molecule has 0 saturated carbocycles. The molecule has 2 unspecified atom stereocenters. The first-order valence-corrected chi connectivity index (χ1v) is 8.42. The van der Waals surface area contributed by atoms with Crippen LogP contribution in [0.2, 0.25) is 0 Å². The number of carbonyl (C=O) groups is 1. The van der Waals surface area contributed by atoms with Crippen LogP contribution in [0.25, 0.3) is 0 Å². The van der Waals surface area contributed by atoms with E-state index in [1.54, 1.807) is 0 Å². The molecular weight excluding hydrogens is 252 g/mol. The largest absolute Gasteiger partial charge is 0.354 e. The molecule has 2 rings (SSSR count). The smallest absolute Gasteiger partial charge is 0.227 e. The van der Waals surface area contributed by atoms with Gasteiger partial charge in [0.15, 0.2) is 9.84 Å². The zero-order chi connectivity index (χ0) is 13.2. The highest BCUT2D eigenvalue weighted by Crippen LogP contribution is 2.29. The Morgan fingerprint density at radius 3 is 2.78 bits per heavy atom. The SMILES string of the molecule is CCC1(C(=O)NCC2CCCS2(=O)=O)CCNC1. The maximum atomic E-state index is 12.2. The molecule has 0 spiro atoms. The molecular formula is C12H22N2O3S. The molecule has 0 aromatic rings. The van der Waals surface area contributed by atoms with Gasteiger partial charge in [-0.3, -0.25) is 4.79 Å². The van der Waals surface area contributed by atoms with Crippen molar-refractivity contribution in [3.05, 3.63) is 0 Å². The van der Waals surface area contributed by atoms with Gasteiger partial charge in [0, 0.05) is 13.1 Å². The van der Waals surface area contributed by atoms with Crippen LogP contribution in [0.3, 0.4) is 0 Å². The van der Waals surface area contributed by atoms with Gasteiger partial charge in [0.2, 0.25) is 5.91 Å². The van der Waals surface area contributed by atoms with Crippen LogP contribution < -0.4 is 10.6 Å². The first-order valence-electron chi connectivity index (χ1n) is 6.71. The van der Waals surface area contributed by atoms with Crippen molar-refractivity contribution >= 4 is 15.7 Å². The van der Waals surface area contributed by atoms with E-state index >= 15 is 0 Å². The minimum atomic E-state index is -2.96. The lowest BCUT2D eigenvalue weighted by Crippen LogP contribution is -2.45. The van der Waals surface area contributed by atoms with E-state index in [-0.39, 0.29) is 28.9 Å². The fraction of sp³-hybridized carbons (Fsp3) is 0.917. The molecule has 0 aromatic carbocycles. The average Bonchev–Trinajstić information content (AvgIpc) is 2.93. The van der Waals surface area contributed by atoms with E-state index in [0.717, 1.165) is 25.8 Å². The van der Waals surface area contributed by atoms with Gasteiger partial charge in [-0.25, -0.2) is 8.42 Å². The Kier molecular flexibility index (Phi) is 3.96. The third kappa shape index (κ3) is 2.54. The minimum absolute atomic E-state index is 0.0112. The van der Waals surface area contributed by atoms with Crippen LogP contribution in [0, 0.1) is 5.41 Å². The second-order valence-electron chi connectivity index (χ2n) is 5.40. The second-order valence-corrected chi connectivity index (χ2v) is 7.80. The second kappa shape index (κ2) is 5.17. The molecule has 2 heterocycles. The number of rotatable bonds is 4. The van der Waals surface area contributed by atoms with Gasteiger partial charge in [-0.2, -0.15) is 0 Å². The molecule has 6 heteroatoms. The van der Waals surface area contributed by atoms with E-state index in [0.29, 0.717) is 13.0 Å². The molecule has 104 valence electrons. The zero-order valence-electron chi connectivity index (χ0n) is 10.9. The summed E-state index contributed by atoms with van der Waals surface area (Å²) in [7, 11) is -2.96. The van der Waals surface area contributed by atoms with Crippen molar-refractivity contribution in [3.63, 3.8) is 0 Å². The van der Waals surface area contributed by atoms with E-state index < -0.39 is 9.84 Å². The Morgan fingerprint density at radius 1 is 1.50 bits per heavy atom. The highest BCUT2D eigenvalue weighted by atomic mass is 32.2. The van der Waals surface area contributed by atoms with Crippen molar-refractivity contribution in [2.24, 2.45) is 5.41 Å². The first-order chi connectivity index (χ1) is 8.50. The number of nitrogens with one attached hydrogen (secondary N) is 2. The summed E-state index contributed by atoms with van der Waals surface area (Å²) < 4.78 is 23.4. The van der Waals surface area contributed by atoms with Crippen molar-refractivity contribution in [3.8, 4) is 0 Å². The predicted molar refractivity (Wildman–Crippen MR) is 70.0 cm³/mol. The van der Waals surface area contributed by atoms with Gasteiger partial charge >= 0.3 is 0 Å². The number of carbonyl (C=O) groups excluding carboxylic acids is 1. The lowest BCUT2D eigenvalue weighted by molar-refractivity contribution is -0.130. The molecule has 0 aliphatic carbocycles. The molecule has 0 radical (unpaired) electrons. The topological polar surface area (TPSA) is 75.3 Å². The number of hydrogen-bond donors (Lipinski definition) is 2. The molecule has 2 saturated heterocycles. The summed E-state index contributed by atoms with van der Waals surface area (Å²) in [5.41, 5.74) is -0.331. The fourth-order valence-electron chi connectivity index (χ4n) is 2.88. The Hall–Kier alpha value is -0.620. The van der Waals surface area contributed by atoms with Crippen molar-refractivity contribution in [1.29, 1.82) is 0 Å². The maximum absolute atomic E-state index is 12.2. The Labute approximate surface area is 109 Å². The lowest BCUT2D eigenvalue weighted by Gasteiger charge is -2.26. The Morgan fingerprint density at radius 2 is 2.28 bits per heavy atom. The molecule has 18 heavy (non-hydrogen) atoms. The average molecular weight is 274 g/mol. The molecule has 2 atom stereocenters. The summed E-state index contributed by atoms with van der Waals surface area (Å²) in [6.07, 6.45) is 3.04. The van der Waals surface area contributed by atoms with Gasteiger partial charge in [-0.05, 0) is 32.2 Å². The third-order valence-electron chi connectivity index (χ3n) is 4.36. The third-order valence-corrected chi connectivity index (χ3v) is 6.63. The van der Waals surface area contributed by atoms with Crippen LogP contribution in [0.5, 0.6) is 0 Å². The van der Waals surface area contributed by atoms with Crippen molar-refractivity contribution in [1.82, 2.24) is 10.6 Å². The van der Waals surface area contributed by atoms with Crippen LogP contribution in [0.4, 0.5) is 0 Å². The molecule has 2 fully saturated rings. The normalized spacial score (nSPS) is 34.6. The standard InChI is InChI=1S/C12H22N2O3S/c1-2-12(5-6-13-9-12)11(15)14-8-10-4-3-7-18(10,16)17/h10,13H,2-9H2,1H3,(H,14,15). The van der Waals surface area contributed by atoms with Crippen LogP contribution in [0.15, 0.2) is 0 Å². The molecule has 0 aromatic heterocycles. The number of sulfone groups is 1. The van der Waals surface area contributed by atoms with Crippen molar-refractivity contribution in [2.75, 3.05) is 25.4 Å². The zero-order valence-corrected chi connectivity index (χ0v) is 11.7. The number of amides is 1. The quantitative estimate of drug-likeness (QED) is 0.761. The molecule has 5 nitrogen and oxygen atoms in total. The Balaban J connectivity index is 1.92. The summed E-state index contributed by atoms with van der Waals surface area (Å²) in [5, 5.41) is 5.70. The predicted octanol–water partition coefficient (Wildman–Crippen LogP) is 0.0695. The van der Waals surface area contributed by atoms with Crippen LogP contribution >= 0.6 is 0 Å². The summed E-state index contributed by atoms with van der Waals surface area (Å²) >= 11 is 0. The van der Waals surface area contributed by atoms with Gasteiger partial charge in [0.1, 0.15) is 0 Å². The van der Waals surface area contributed by atoms with Crippen LogP contribution in [0.1, 0.15) is 32.6 Å². The summed E-state index contributed by atoms with van der Waals surface area (Å²) in [4.78, 5) is 12.2. The first kappa shape index (κ1) is 13.8. The summed E-state index contributed by atoms with van der Waals surface area (Å²) in [6, 6.07) is 0. The minimum Gasteiger partial charge on any atom is -0.354 e. The molecule has 1 amide bonds. The van der Waals surface area contributed by atoms with Crippen molar-refractivity contribution in [2.45, 2.75) is 37.9 Å². The maximum Gasteiger partial charge on any atom is 0.227 e. The lowest BCUT2D eigenvalue weighted by atomic mass is 9.83. The van der Waals surface area contributed by atoms with Crippen molar-refractivity contribution < 1.29 is 13.2 Å². The van der Waals surface area contributed by atoms with E-state index in [4.69, 9.17) is 0 Å². The van der Waals surface area contributed by atoms with Gasteiger partial charge in [0.05, 0.1) is 16.4 Å². The van der Waals surface area contributed by atoms with Gasteiger partial charge in [-0.15, -0.1) is 0 Å². The molecule has 0 bridgehead atoms. The van der Waals surface area contributed by atoms with Crippen LogP contribution in [-0.4, -0.2) is 45.0 Å². The molecule has 2 N–H and O–H groups in total. The van der Waals surface area contributed by atoms with E-state index in [1.807, 2.05) is 6.92 Å². The Bertz CT molecular complexity index is 413. The van der Waals surface area contributed by atoms with Gasteiger partial charge in [-0.1, -0.05) is 6.92 Å². The monoisotopic (exact) mass is 274 g/mol. The van der Waals surface area contributed by atoms with Gasteiger partial charge < -0.3 is 10.6 Å². The van der Waals surface area contributed by atoms with E-state index in [1.165, 1.54) is 0 Å². The molecule has 2 aliphatic rings. The van der Waals surface area contributed by atoms with E-state index in [2.05, 4.69) is 10.6 Å². The summed E-state index contributed by atoms with van der Waals surface area (Å²) in [6.45, 7) is 3.86. The van der Waals surface area contributed by atoms with E-state index in [9.17, 15) is 13.2 Å². The highest BCUT2D eigenvalue weighted by molar-refractivity contribution is 7.92. The highest BCUT2D eigenvalue weighted by Gasteiger charge is 2.40. The fourth-order valence-corrected chi connectivity index (χ4v) is 4.65. The number of hydrogen-bond acceptors (Lipinski definition) is 4. The van der Waals surface area contributed by atoms with Gasteiger partial charge in [0.25, 0.3) is 0 Å². The molecule has 2 aliphatic heterocycles. The summed E-state index contributed by atoms with van der Waals surface area (Å²) in [5.74, 6) is 0.283. The van der Waals surface area contributed by atoms with Crippen LogP contribution in [-0.2, 0) is 14.6 Å².